The normalized spacial score (nSPS) is 15.8. The van der Waals surface area contributed by atoms with E-state index in [1.54, 1.807) is 37.3 Å². The molecule has 1 aromatic heterocycles. The van der Waals surface area contributed by atoms with E-state index >= 15 is 0 Å². The summed E-state index contributed by atoms with van der Waals surface area (Å²) in [6, 6.07) is 9.49. The van der Waals surface area contributed by atoms with E-state index in [9.17, 15) is 14.9 Å². The van der Waals surface area contributed by atoms with Gasteiger partial charge in [-0.2, -0.15) is 0 Å². The van der Waals surface area contributed by atoms with Crippen LogP contribution in [0.4, 0.5) is 5.69 Å². The van der Waals surface area contributed by atoms with E-state index in [1.807, 2.05) is 0 Å². The summed E-state index contributed by atoms with van der Waals surface area (Å²) in [7, 11) is 0. The van der Waals surface area contributed by atoms with Gasteiger partial charge in [0.2, 0.25) is 5.90 Å². The van der Waals surface area contributed by atoms with Crippen LogP contribution in [0.15, 0.2) is 57.6 Å². The molecule has 0 saturated carbocycles. The summed E-state index contributed by atoms with van der Waals surface area (Å²) in [6.07, 6.45) is 4.67. The van der Waals surface area contributed by atoms with Crippen molar-refractivity contribution in [1.82, 2.24) is 0 Å². The maximum atomic E-state index is 11.8. The first-order valence-corrected chi connectivity index (χ1v) is 7.03. The van der Waals surface area contributed by atoms with Crippen LogP contribution in [0.2, 0.25) is 0 Å². The third kappa shape index (κ3) is 3.46. The maximum absolute atomic E-state index is 11.8. The van der Waals surface area contributed by atoms with Crippen LogP contribution >= 0.6 is 0 Å². The lowest BCUT2D eigenvalue weighted by Gasteiger charge is -1.94. The van der Waals surface area contributed by atoms with E-state index < -0.39 is 10.9 Å². The predicted octanol–water partition coefficient (Wildman–Crippen LogP) is 3.51. The molecule has 0 amide bonds. The van der Waals surface area contributed by atoms with Crippen LogP contribution in [0.3, 0.4) is 0 Å². The minimum Gasteiger partial charge on any atom is -0.462 e. The second-order valence-electron chi connectivity index (χ2n) is 5.00. The lowest BCUT2D eigenvalue weighted by Crippen LogP contribution is -2.01. The molecule has 2 aromatic rings. The van der Waals surface area contributed by atoms with Gasteiger partial charge in [-0.1, -0.05) is 0 Å². The number of furan rings is 1. The lowest BCUT2D eigenvalue weighted by atomic mass is 10.2. The predicted molar refractivity (Wildman–Crippen MR) is 87.1 cm³/mol. The number of nitrogens with zero attached hydrogens (tertiary/aromatic N) is 2. The van der Waals surface area contributed by atoms with Crippen molar-refractivity contribution >= 4 is 29.7 Å². The molecule has 0 N–H and O–H groups in total. The van der Waals surface area contributed by atoms with Gasteiger partial charge >= 0.3 is 5.97 Å². The number of ether oxygens (including phenoxy) is 1. The Morgan fingerprint density at radius 2 is 1.88 bits per heavy atom. The van der Waals surface area contributed by atoms with Crippen molar-refractivity contribution in [1.29, 1.82) is 0 Å². The zero-order chi connectivity index (χ0) is 17.1. The van der Waals surface area contributed by atoms with Gasteiger partial charge in [0, 0.05) is 24.3 Å². The highest BCUT2D eigenvalue weighted by molar-refractivity contribution is 6.11. The molecule has 0 unspecified atom stereocenters. The highest BCUT2D eigenvalue weighted by Gasteiger charge is 2.21. The number of aliphatic imine (C=N–C) groups is 1. The number of aryl methyl sites for hydroxylation is 1. The Morgan fingerprint density at radius 1 is 1.12 bits per heavy atom. The number of hydrogen-bond donors (Lipinski definition) is 0. The molecule has 0 fully saturated rings. The van der Waals surface area contributed by atoms with Gasteiger partial charge in [-0.15, -0.1) is 0 Å². The molecule has 24 heavy (non-hydrogen) atoms. The molecule has 0 aliphatic carbocycles. The largest absolute Gasteiger partial charge is 0.462 e. The Bertz CT molecular complexity index is 888. The van der Waals surface area contributed by atoms with Crippen LogP contribution < -0.4 is 0 Å². The van der Waals surface area contributed by atoms with Crippen LogP contribution in [0, 0.1) is 17.0 Å². The Kier molecular flexibility index (Phi) is 4.07. The van der Waals surface area contributed by atoms with Crippen molar-refractivity contribution < 1.29 is 18.9 Å². The Labute approximate surface area is 136 Å². The fourth-order valence-corrected chi connectivity index (χ4v) is 2.04. The Balaban J connectivity index is 1.75. The molecule has 3 rings (SSSR count). The van der Waals surface area contributed by atoms with Crippen LogP contribution in [-0.4, -0.2) is 16.8 Å². The van der Waals surface area contributed by atoms with Gasteiger partial charge in [0.1, 0.15) is 11.5 Å². The van der Waals surface area contributed by atoms with Crippen LogP contribution in [0.25, 0.3) is 12.2 Å². The topological polar surface area (TPSA) is 94.9 Å². The van der Waals surface area contributed by atoms with Gasteiger partial charge in [-0.05, 0) is 42.8 Å². The summed E-state index contributed by atoms with van der Waals surface area (Å²) in [5.41, 5.74) is 0.877. The molecule has 0 saturated heterocycles. The molecule has 7 nitrogen and oxygen atoms in total. The van der Waals surface area contributed by atoms with Crippen molar-refractivity contribution in [2.75, 3.05) is 0 Å². The van der Waals surface area contributed by atoms with Crippen molar-refractivity contribution in [3.05, 3.63) is 75.4 Å². The number of cyclic esters (lactones) is 1. The number of carbonyl (C=O) groups is 1. The van der Waals surface area contributed by atoms with E-state index in [-0.39, 0.29) is 17.3 Å². The molecule has 0 bridgehead atoms. The molecule has 1 aliphatic heterocycles. The van der Waals surface area contributed by atoms with E-state index in [0.717, 1.165) is 11.3 Å². The maximum Gasteiger partial charge on any atom is 0.363 e. The molecular weight excluding hydrogens is 312 g/mol. The number of nitro benzene ring substituents is 1. The van der Waals surface area contributed by atoms with Gasteiger partial charge < -0.3 is 9.15 Å². The van der Waals surface area contributed by atoms with Gasteiger partial charge in [-0.3, -0.25) is 10.1 Å². The number of non-ortho nitro benzene ring substituents is 1. The minimum atomic E-state index is -0.563. The fourth-order valence-electron chi connectivity index (χ4n) is 2.04. The standard InChI is InChI=1S/C17H12N2O5/c1-11-2-8-14(23-11)10-15-17(20)24-16(18-15)9-5-12-3-6-13(7-4-12)19(21)22/h2-10H,1H3. The van der Waals surface area contributed by atoms with Gasteiger partial charge in [0.15, 0.2) is 5.70 Å². The van der Waals surface area contributed by atoms with E-state index in [4.69, 9.17) is 9.15 Å². The van der Waals surface area contributed by atoms with Crippen molar-refractivity contribution in [2.24, 2.45) is 4.99 Å². The van der Waals surface area contributed by atoms with Crippen LogP contribution in [0.5, 0.6) is 0 Å². The van der Waals surface area contributed by atoms with E-state index in [2.05, 4.69) is 4.99 Å². The summed E-state index contributed by atoms with van der Waals surface area (Å²) in [5, 5.41) is 10.6. The van der Waals surface area contributed by atoms with E-state index in [1.165, 1.54) is 24.3 Å². The zero-order valence-electron chi connectivity index (χ0n) is 12.6. The van der Waals surface area contributed by atoms with Gasteiger partial charge in [-0.25, -0.2) is 9.79 Å². The first-order chi connectivity index (χ1) is 11.5. The summed E-state index contributed by atoms with van der Waals surface area (Å²) in [5.74, 6) is 0.833. The third-order valence-electron chi connectivity index (χ3n) is 3.20. The molecule has 120 valence electrons. The van der Waals surface area contributed by atoms with Gasteiger partial charge in [0.25, 0.3) is 5.69 Å². The highest BCUT2D eigenvalue weighted by Crippen LogP contribution is 2.18. The summed E-state index contributed by atoms with van der Waals surface area (Å²) < 4.78 is 10.4. The zero-order valence-corrected chi connectivity index (χ0v) is 12.6. The number of rotatable bonds is 4. The average Bonchev–Trinajstić information content (AvgIpc) is 3.12. The van der Waals surface area contributed by atoms with Gasteiger partial charge in [0.05, 0.1) is 4.92 Å². The fraction of sp³-hybridized carbons (Fsp3) is 0.0588. The smallest absolute Gasteiger partial charge is 0.363 e. The number of benzene rings is 1. The second-order valence-corrected chi connectivity index (χ2v) is 5.00. The first-order valence-electron chi connectivity index (χ1n) is 7.03. The lowest BCUT2D eigenvalue weighted by molar-refractivity contribution is -0.384. The first kappa shape index (κ1) is 15.4. The number of esters is 1. The average molecular weight is 324 g/mol. The molecule has 7 heteroatoms. The number of nitro groups is 1. The summed E-state index contributed by atoms with van der Waals surface area (Å²) in [4.78, 5) is 26.0. The summed E-state index contributed by atoms with van der Waals surface area (Å²) in [6.45, 7) is 1.80. The third-order valence-corrected chi connectivity index (χ3v) is 3.20. The monoisotopic (exact) mass is 324 g/mol. The van der Waals surface area contributed by atoms with Crippen molar-refractivity contribution in [2.45, 2.75) is 6.92 Å². The highest BCUT2D eigenvalue weighted by atomic mass is 16.6. The quantitative estimate of drug-likeness (QED) is 0.371. The van der Waals surface area contributed by atoms with Crippen LogP contribution in [-0.2, 0) is 9.53 Å². The summed E-state index contributed by atoms with van der Waals surface area (Å²) >= 11 is 0. The Morgan fingerprint density at radius 3 is 2.50 bits per heavy atom. The van der Waals surface area contributed by atoms with Crippen molar-refractivity contribution in [3.63, 3.8) is 0 Å². The van der Waals surface area contributed by atoms with E-state index in [0.29, 0.717) is 5.76 Å². The minimum absolute atomic E-state index is 0.00995. The van der Waals surface area contributed by atoms with Crippen molar-refractivity contribution in [3.8, 4) is 0 Å². The molecule has 1 aliphatic rings. The molecule has 2 heterocycles. The molecule has 0 radical (unpaired) electrons. The number of carbonyl (C=O) groups excluding carboxylic acids is 1. The Hall–Kier alpha value is -3.48. The SMILES string of the molecule is Cc1ccc(C=C2N=C(C=Cc3ccc([N+](=O)[O-])cc3)OC2=O)o1. The molecule has 0 atom stereocenters. The molecule has 0 spiro atoms. The van der Waals surface area contributed by atoms with Crippen LogP contribution in [0.1, 0.15) is 17.1 Å². The molecule has 1 aromatic carbocycles. The molecular formula is C17H12N2O5. The number of hydrogen-bond acceptors (Lipinski definition) is 6. The second kappa shape index (κ2) is 6.33.